The molecule has 2 saturated heterocycles. The minimum atomic E-state index is -0.964. The summed E-state index contributed by atoms with van der Waals surface area (Å²) >= 11 is 6.87. The van der Waals surface area contributed by atoms with Crippen molar-refractivity contribution in [2.75, 3.05) is 46.0 Å². The zero-order valence-electron chi connectivity index (χ0n) is 25.3. The highest BCUT2D eigenvalue weighted by atomic mass is 32.2. The van der Waals surface area contributed by atoms with Gasteiger partial charge in [-0.15, -0.1) is 0 Å². The van der Waals surface area contributed by atoms with Crippen molar-refractivity contribution in [2.24, 2.45) is 0 Å². The predicted molar refractivity (Wildman–Crippen MR) is 187 cm³/mol. The van der Waals surface area contributed by atoms with E-state index < -0.39 is 5.97 Å². The van der Waals surface area contributed by atoms with E-state index in [2.05, 4.69) is 47.4 Å². The Morgan fingerprint density at radius 3 is 2.30 bits per heavy atom. The van der Waals surface area contributed by atoms with Gasteiger partial charge in [-0.2, -0.15) is 0 Å². The zero-order valence-corrected chi connectivity index (χ0v) is 26.9. The molecule has 2 fully saturated rings. The van der Waals surface area contributed by atoms with Crippen molar-refractivity contribution in [1.82, 2.24) is 9.80 Å². The third kappa shape index (κ3) is 7.74. The molecule has 6 rings (SSSR count). The van der Waals surface area contributed by atoms with E-state index in [-0.39, 0.29) is 11.5 Å². The smallest absolute Gasteiger partial charge is 0.335 e. The number of nitrogens with zero attached hydrogens (tertiary/aromatic N) is 2. The van der Waals surface area contributed by atoms with Crippen molar-refractivity contribution < 1.29 is 24.2 Å². The van der Waals surface area contributed by atoms with Gasteiger partial charge in [0.2, 0.25) is 0 Å². The lowest BCUT2D eigenvalue weighted by Crippen LogP contribution is -2.38. The van der Waals surface area contributed by atoms with Crippen molar-refractivity contribution in [3.63, 3.8) is 0 Å². The van der Waals surface area contributed by atoms with Crippen molar-refractivity contribution in [3.05, 3.63) is 119 Å². The van der Waals surface area contributed by atoms with Crippen molar-refractivity contribution in [2.45, 2.75) is 6.42 Å². The summed E-state index contributed by atoms with van der Waals surface area (Å²) in [4.78, 5) is 29.1. The van der Waals surface area contributed by atoms with Gasteiger partial charge in [-0.1, -0.05) is 96.8 Å². The highest BCUT2D eigenvalue weighted by Gasteiger charge is 2.31. The van der Waals surface area contributed by atoms with Gasteiger partial charge in [0, 0.05) is 31.7 Å². The lowest BCUT2D eigenvalue weighted by atomic mass is 9.98. The van der Waals surface area contributed by atoms with Crippen LogP contribution in [0.5, 0.6) is 5.75 Å². The van der Waals surface area contributed by atoms with Gasteiger partial charge in [-0.25, -0.2) is 4.79 Å². The molecule has 0 aromatic heterocycles. The molecule has 4 aromatic rings. The maximum absolute atomic E-state index is 13.4. The first-order chi connectivity index (χ1) is 22.4. The summed E-state index contributed by atoms with van der Waals surface area (Å²) in [7, 11) is 0. The van der Waals surface area contributed by atoms with Crippen LogP contribution < -0.4 is 4.74 Å². The minimum absolute atomic E-state index is 0.128. The average Bonchev–Trinajstić information content (AvgIpc) is 3.36. The number of hydrogen-bond donors (Lipinski definition) is 1. The van der Waals surface area contributed by atoms with Crippen molar-refractivity contribution in [1.29, 1.82) is 0 Å². The number of aromatic carboxylic acids is 1. The standard InChI is InChI=1S/C37H34N2O5S2/c40-35-34(46-37(45)39(35)17-16-26-6-9-31(10-7-26)36(41)42)25-27-8-15-33(44-23-20-38-18-21-43-22-19-38)32(24-27)30-13-11-29(12-14-30)28-4-2-1-3-5-28/h1-15,24-25H,16-23H2,(H,41,42)/b34-25-. The molecule has 0 bridgehead atoms. The Morgan fingerprint density at radius 2 is 1.59 bits per heavy atom. The van der Waals surface area contributed by atoms with Crippen molar-refractivity contribution in [3.8, 4) is 28.0 Å². The molecule has 2 heterocycles. The van der Waals surface area contributed by atoms with Crippen molar-refractivity contribution >= 4 is 46.3 Å². The third-order valence-electron chi connectivity index (χ3n) is 8.07. The number of ether oxygens (including phenoxy) is 2. The van der Waals surface area contributed by atoms with Gasteiger partial charge in [0.25, 0.3) is 5.91 Å². The Kier molecular flexibility index (Phi) is 10.2. The molecule has 234 valence electrons. The van der Waals surface area contributed by atoms with E-state index in [0.717, 1.165) is 72.0 Å². The van der Waals surface area contributed by atoms with Gasteiger partial charge in [0.1, 0.15) is 16.7 Å². The summed E-state index contributed by atoms with van der Waals surface area (Å²) in [6, 6.07) is 31.5. The molecule has 46 heavy (non-hydrogen) atoms. The Labute approximate surface area is 278 Å². The highest BCUT2D eigenvalue weighted by Crippen LogP contribution is 2.36. The SMILES string of the molecule is O=C(O)c1ccc(CCN2C(=O)/C(=C/c3ccc(OCCN4CCOCC4)c(-c4ccc(-c5ccccc5)cc4)c3)SC2=S)cc1. The Hall–Kier alpha value is -4.28. The summed E-state index contributed by atoms with van der Waals surface area (Å²) in [6.45, 7) is 5.12. The number of carbonyl (C=O) groups is 2. The van der Waals surface area contributed by atoms with Crippen LogP contribution >= 0.6 is 24.0 Å². The summed E-state index contributed by atoms with van der Waals surface area (Å²) in [5.41, 5.74) is 6.33. The molecule has 0 saturated carbocycles. The van der Waals surface area contributed by atoms with Crippen LogP contribution in [0.25, 0.3) is 28.3 Å². The van der Waals surface area contributed by atoms with Gasteiger partial charge in [0.15, 0.2) is 0 Å². The fourth-order valence-corrected chi connectivity index (χ4v) is 6.78. The van der Waals surface area contributed by atoms with E-state index in [0.29, 0.717) is 28.8 Å². The monoisotopic (exact) mass is 650 g/mol. The van der Waals surface area contributed by atoms with Crippen LogP contribution in [-0.2, 0) is 16.0 Å². The number of morpholine rings is 1. The van der Waals surface area contributed by atoms with Crippen LogP contribution in [0.2, 0.25) is 0 Å². The normalized spacial score (nSPS) is 16.3. The summed E-state index contributed by atoms with van der Waals surface area (Å²) < 4.78 is 12.3. The second kappa shape index (κ2) is 14.9. The van der Waals surface area contributed by atoms with E-state index in [1.807, 2.05) is 36.4 Å². The maximum atomic E-state index is 13.4. The Bertz CT molecular complexity index is 1730. The molecular weight excluding hydrogens is 617 g/mol. The van der Waals surface area contributed by atoms with E-state index >= 15 is 0 Å². The number of carboxylic acids is 1. The fraction of sp³-hybridized carbons (Fsp3) is 0.216. The fourth-order valence-electron chi connectivity index (χ4n) is 5.47. The van der Waals surface area contributed by atoms with Gasteiger partial charge >= 0.3 is 5.97 Å². The van der Waals surface area contributed by atoms with E-state index in [1.54, 1.807) is 29.2 Å². The lowest BCUT2D eigenvalue weighted by Gasteiger charge is -2.26. The first-order valence-electron chi connectivity index (χ1n) is 15.2. The Balaban J connectivity index is 1.20. The third-order valence-corrected chi connectivity index (χ3v) is 9.45. The molecule has 0 spiro atoms. The van der Waals surface area contributed by atoms with Crippen LogP contribution in [0.15, 0.2) is 102 Å². The van der Waals surface area contributed by atoms with E-state index in [9.17, 15) is 9.59 Å². The highest BCUT2D eigenvalue weighted by molar-refractivity contribution is 8.26. The predicted octanol–water partition coefficient (Wildman–Crippen LogP) is 6.87. The second-order valence-electron chi connectivity index (χ2n) is 11.1. The van der Waals surface area contributed by atoms with Gasteiger partial charge < -0.3 is 14.6 Å². The summed E-state index contributed by atoms with van der Waals surface area (Å²) in [6.07, 6.45) is 2.46. The van der Waals surface area contributed by atoms with Crippen LogP contribution in [0.4, 0.5) is 0 Å². The van der Waals surface area contributed by atoms with Crippen LogP contribution in [0, 0.1) is 0 Å². The first-order valence-corrected chi connectivity index (χ1v) is 16.5. The molecule has 7 nitrogen and oxygen atoms in total. The number of hydrogen-bond acceptors (Lipinski definition) is 7. The molecule has 0 unspecified atom stereocenters. The molecule has 0 aliphatic carbocycles. The van der Waals surface area contributed by atoms with Crippen LogP contribution in [0.1, 0.15) is 21.5 Å². The number of thiocarbonyl (C=S) groups is 1. The Morgan fingerprint density at radius 1 is 0.891 bits per heavy atom. The van der Waals surface area contributed by atoms with Crippen LogP contribution in [0.3, 0.4) is 0 Å². The molecule has 1 N–H and O–H groups in total. The number of rotatable bonds is 11. The van der Waals surface area contributed by atoms with Gasteiger partial charge in [0.05, 0.1) is 23.7 Å². The molecule has 2 aliphatic heterocycles. The first kappa shape index (κ1) is 31.7. The summed E-state index contributed by atoms with van der Waals surface area (Å²) in [5.74, 6) is -0.301. The lowest BCUT2D eigenvalue weighted by molar-refractivity contribution is -0.122. The van der Waals surface area contributed by atoms with E-state index in [1.165, 1.54) is 11.8 Å². The van der Waals surface area contributed by atoms with E-state index in [4.69, 9.17) is 26.8 Å². The molecule has 2 aliphatic rings. The van der Waals surface area contributed by atoms with Gasteiger partial charge in [-0.3, -0.25) is 14.6 Å². The molecule has 1 amide bonds. The minimum Gasteiger partial charge on any atom is -0.492 e. The largest absolute Gasteiger partial charge is 0.492 e. The molecule has 4 aromatic carbocycles. The number of benzene rings is 4. The zero-order chi connectivity index (χ0) is 31.9. The quantitative estimate of drug-likeness (QED) is 0.139. The molecule has 9 heteroatoms. The molecular formula is C37H34N2O5S2. The molecule has 0 radical (unpaired) electrons. The van der Waals surface area contributed by atoms with Gasteiger partial charge in [-0.05, 0) is 64.6 Å². The number of carboxylic acid groups (broad SMARTS) is 1. The average molecular weight is 651 g/mol. The topological polar surface area (TPSA) is 79.3 Å². The molecule has 0 atom stereocenters. The number of carbonyl (C=O) groups excluding carboxylic acids is 1. The summed E-state index contributed by atoms with van der Waals surface area (Å²) in [5, 5.41) is 9.14. The van der Waals surface area contributed by atoms with Crippen LogP contribution in [-0.4, -0.2) is 77.1 Å². The number of amides is 1. The maximum Gasteiger partial charge on any atom is 0.335 e. The second-order valence-corrected chi connectivity index (χ2v) is 12.8. The number of thioether (sulfide) groups is 1.